The van der Waals surface area contributed by atoms with Gasteiger partial charge in [-0.05, 0) is 12.1 Å². The highest BCUT2D eigenvalue weighted by Gasteiger charge is 2.12. The lowest BCUT2D eigenvalue weighted by molar-refractivity contribution is 0.391. The number of anilines is 1. The van der Waals surface area contributed by atoms with Crippen LogP contribution in [0.3, 0.4) is 0 Å². The predicted molar refractivity (Wildman–Crippen MR) is 84.8 cm³/mol. The number of benzene rings is 1. The molecule has 1 N–H and O–H groups in total. The first-order valence-electron chi connectivity index (χ1n) is 6.93. The highest BCUT2D eigenvalue weighted by atomic mass is 16.5. The molecule has 0 saturated carbocycles. The molecule has 1 aromatic heterocycles. The average Bonchev–Trinajstić information content (AvgIpc) is 2.60. The maximum absolute atomic E-state index is 8.84. The van der Waals surface area contributed by atoms with Crippen molar-refractivity contribution in [2.24, 2.45) is 0 Å². The van der Waals surface area contributed by atoms with Crippen molar-refractivity contribution in [2.75, 3.05) is 26.6 Å². The minimum absolute atomic E-state index is 0.159. The monoisotopic (exact) mass is 314 g/mol. The molecule has 2 rings (SSSR count). The summed E-state index contributed by atoms with van der Waals surface area (Å²) in [6, 6.07) is 7.64. The van der Waals surface area contributed by atoms with Crippen LogP contribution in [0.4, 0.5) is 5.82 Å². The van der Waals surface area contributed by atoms with Gasteiger partial charge in [-0.25, -0.2) is 9.97 Å². The first-order valence-corrected chi connectivity index (χ1v) is 6.93. The number of hydrogen-bond acceptors (Lipinski definition) is 7. The lowest BCUT2D eigenvalue weighted by Crippen LogP contribution is -2.07. The second kappa shape index (κ2) is 7.84. The molecule has 0 spiro atoms. The van der Waals surface area contributed by atoms with E-state index in [4.69, 9.17) is 19.5 Å². The largest absolute Gasteiger partial charge is 0.497 e. The number of nitrogens with one attached hydrogen (secondary N) is 1. The highest BCUT2D eigenvalue weighted by Crippen LogP contribution is 2.28. The number of nitrogens with zero attached hydrogens (tertiary/aromatic N) is 3. The number of aromatic nitrogens is 2. The molecule has 0 aliphatic carbocycles. The molecule has 7 heteroatoms. The lowest BCUT2D eigenvalue weighted by atomic mass is 10.2. The Balaban J connectivity index is 2.21. The standard InChI is InChI=1S/C16H18N4O3/c1-21-12-5-4-11(14(8-12)22-2)9-18-16-15(23-3)13(6-7-17)19-10-20-16/h4-5,8,10H,6,9H2,1-3H3,(H,18,19,20). The summed E-state index contributed by atoms with van der Waals surface area (Å²) in [5.74, 6) is 2.44. The van der Waals surface area contributed by atoms with Crippen LogP contribution in [-0.4, -0.2) is 31.3 Å². The maximum Gasteiger partial charge on any atom is 0.183 e. The zero-order chi connectivity index (χ0) is 16.7. The van der Waals surface area contributed by atoms with Crippen molar-refractivity contribution >= 4 is 5.82 Å². The van der Waals surface area contributed by atoms with E-state index in [2.05, 4.69) is 21.4 Å². The van der Waals surface area contributed by atoms with E-state index in [9.17, 15) is 0 Å². The number of rotatable bonds is 7. The van der Waals surface area contributed by atoms with E-state index in [1.807, 2.05) is 18.2 Å². The topological polar surface area (TPSA) is 89.3 Å². The fourth-order valence-electron chi connectivity index (χ4n) is 2.13. The Morgan fingerprint density at radius 2 is 1.96 bits per heavy atom. The average molecular weight is 314 g/mol. The van der Waals surface area contributed by atoms with Crippen molar-refractivity contribution in [1.82, 2.24) is 9.97 Å². The van der Waals surface area contributed by atoms with Crippen LogP contribution in [0.15, 0.2) is 24.5 Å². The quantitative estimate of drug-likeness (QED) is 0.837. The maximum atomic E-state index is 8.84. The molecule has 0 aliphatic heterocycles. The Kier molecular flexibility index (Phi) is 5.58. The number of hydrogen-bond donors (Lipinski definition) is 1. The Morgan fingerprint density at radius 1 is 1.13 bits per heavy atom. The van der Waals surface area contributed by atoms with Gasteiger partial charge in [0.1, 0.15) is 23.5 Å². The van der Waals surface area contributed by atoms with E-state index >= 15 is 0 Å². The van der Waals surface area contributed by atoms with Crippen LogP contribution in [0.1, 0.15) is 11.3 Å². The molecule has 0 saturated heterocycles. The summed E-state index contributed by atoms with van der Waals surface area (Å²) < 4.78 is 15.9. The van der Waals surface area contributed by atoms with Crippen LogP contribution >= 0.6 is 0 Å². The van der Waals surface area contributed by atoms with Crippen LogP contribution in [0.25, 0.3) is 0 Å². The zero-order valence-corrected chi connectivity index (χ0v) is 13.3. The van der Waals surface area contributed by atoms with Crippen molar-refractivity contribution in [2.45, 2.75) is 13.0 Å². The summed E-state index contributed by atoms with van der Waals surface area (Å²) in [4.78, 5) is 8.25. The Morgan fingerprint density at radius 3 is 2.61 bits per heavy atom. The molecule has 0 atom stereocenters. The molecule has 1 aromatic carbocycles. The van der Waals surface area contributed by atoms with E-state index in [0.29, 0.717) is 29.6 Å². The number of nitriles is 1. The summed E-state index contributed by atoms with van der Waals surface area (Å²) in [7, 11) is 4.74. The minimum Gasteiger partial charge on any atom is -0.497 e. The molecule has 120 valence electrons. The van der Waals surface area contributed by atoms with Gasteiger partial charge in [-0.3, -0.25) is 0 Å². The third-order valence-corrected chi connectivity index (χ3v) is 3.27. The van der Waals surface area contributed by atoms with Crippen molar-refractivity contribution in [3.63, 3.8) is 0 Å². The van der Waals surface area contributed by atoms with Crippen molar-refractivity contribution in [1.29, 1.82) is 5.26 Å². The van der Waals surface area contributed by atoms with Gasteiger partial charge in [-0.15, -0.1) is 0 Å². The van der Waals surface area contributed by atoms with Crippen LogP contribution in [0.2, 0.25) is 0 Å². The molecule has 2 aromatic rings. The second-order valence-electron chi connectivity index (χ2n) is 4.57. The SMILES string of the molecule is COc1ccc(CNc2ncnc(CC#N)c2OC)c(OC)c1. The van der Waals surface area contributed by atoms with Gasteiger partial charge < -0.3 is 19.5 Å². The molecule has 0 aliphatic rings. The van der Waals surface area contributed by atoms with Gasteiger partial charge in [0.2, 0.25) is 0 Å². The Hall–Kier alpha value is -3.01. The molecule has 0 fully saturated rings. The summed E-state index contributed by atoms with van der Waals surface area (Å²) in [5.41, 5.74) is 1.49. The molecule has 0 amide bonds. The molecule has 7 nitrogen and oxygen atoms in total. The molecule has 0 radical (unpaired) electrons. The van der Waals surface area contributed by atoms with Gasteiger partial charge in [0.15, 0.2) is 11.6 Å². The summed E-state index contributed by atoms with van der Waals surface area (Å²) in [6.45, 7) is 0.479. The Bertz CT molecular complexity index is 713. The zero-order valence-electron chi connectivity index (χ0n) is 13.3. The summed E-state index contributed by atoms with van der Waals surface area (Å²) >= 11 is 0. The molecule has 1 heterocycles. The fourth-order valence-corrected chi connectivity index (χ4v) is 2.13. The summed E-state index contributed by atoms with van der Waals surface area (Å²) in [6.07, 6.45) is 1.56. The van der Waals surface area contributed by atoms with Crippen molar-refractivity contribution in [3.05, 3.63) is 35.8 Å². The lowest BCUT2D eigenvalue weighted by Gasteiger charge is -2.14. The molecule has 0 bridgehead atoms. The van der Waals surface area contributed by atoms with Crippen molar-refractivity contribution < 1.29 is 14.2 Å². The van der Waals surface area contributed by atoms with Crippen molar-refractivity contribution in [3.8, 4) is 23.3 Å². The molecule has 23 heavy (non-hydrogen) atoms. The third kappa shape index (κ3) is 3.80. The van der Waals surface area contributed by atoms with E-state index in [-0.39, 0.29) is 6.42 Å². The first kappa shape index (κ1) is 16.4. The van der Waals surface area contributed by atoms with Gasteiger partial charge in [0, 0.05) is 18.2 Å². The van der Waals surface area contributed by atoms with Crippen LogP contribution in [0, 0.1) is 11.3 Å². The fraction of sp³-hybridized carbons (Fsp3) is 0.312. The molecular weight excluding hydrogens is 296 g/mol. The predicted octanol–water partition coefficient (Wildman–Crippen LogP) is 2.18. The number of methoxy groups -OCH3 is 3. The van der Waals surface area contributed by atoms with Crippen LogP contribution < -0.4 is 19.5 Å². The first-order chi connectivity index (χ1) is 11.2. The van der Waals surface area contributed by atoms with Gasteiger partial charge in [-0.2, -0.15) is 5.26 Å². The smallest absolute Gasteiger partial charge is 0.183 e. The van der Waals surface area contributed by atoms with Gasteiger partial charge in [0.25, 0.3) is 0 Å². The van der Waals surface area contributed by atoms with Gasteiger partial charge in [-0.1, -0.05) is 0 Å². The second-order valence-corrected chi connectivity index (χ2v) is 4.57. The highest BCUT2D eigenvalue weighted by molar-refractivity contribution is 5.53. The van der Waals surface area contributed by atoms with Gasteiger partial charge in [0.05, 0.1) is 33.8 Å². The third-order valence-electron chi connectivity index (χ3n) is 3.27. The number of ether oxygens (including phenoxy) is 3. The molecular formula is C16H18N4O3. The van der Waals surface area contributed by atoms with Crippen LogP contribution in [-0.2, 0) is 13.0 Å². The van der Waals surface area contributed by atoms with E-state index in [0.717, 1.165) is 11.3 Å². The van der Waals surface area contributed by atoms with E-state index in [1.165, 1.54) is 13.4 Å². The minimum atomic E-state index is 0.159. The van der Waals surface area contributed by atoms with Gasteiger partial charge >= 0.3 is 0 Å². The normalized spacial score (nSPS) is 9.83. The Labute approximate surface area is 134 Å². The van der Waals surface area contributed by atoms with Crippen LogP contribution in [0.5, 0.6) is 17.2 Å². The van der Waals surface area contributed by atoms with E-state index in [1.54, 1.807) is 14.2 Å². The van der Waals surface area contributed by atoms with E-state index < -0.39 is 0 Å². The molecule has 0 unspecified atom stereocenters. The summed E-state index contributed by atoms with van der Waals surface area (Å²) in [5, 5.41) is 12.0.